The highest BCUT2D eigenvalue weighted by molar-refractivity contribution is 6.04. The normalized spacial score (nSPS) is 14.1. The van der Waals surface area contributed by atoms with Crippen LogP contribution in [0.4, 0.5) is 5.69 Å². The number of ether oxygens (including phenoxy) is 1. The van der Waals surface area contributed by atoms with E-state index in [0.29, 0.717) is 49.2 Å². The van der Waals surface area contributed by atoms with Crippen LogP contribution >= 0.6 is 0 Å². The van der Waals surface area contributed by atoms with E-state index in [1.165, 1.54) is 4.68 Å². The molecule has 0 bridgehead atoms. The second-order valence-corrected chi connectivity index (χ2v) is 8.08. The summed E-state index contributed by atoms with van der Waals surface area (Å²) >= 11 is 0. The summed E-state index contributed by atoms with van der Waals surface area (Å²) in [6, 6.07) is 15.2. The number of aryl methyl sites for hydroxylation is 1. The summed E-state index contributed by atoms with van der Waals surface area (Å²) in [6.45, 7) is 5.24. The molecule has 32 heavy (non-hydrogen) atoms. The third-order valence-corrected chi connectivity index (χ3v) is 6.04. The number of amides is 1. The summed E-state index contributed by atoms with van der Waals surface area (Å²) in [5, 5.41) is 5.71. The fourth-order valence-corrected chi connectivity index (χ4v) is 4.25. The second-order valence-electron chi connectivity index (χ2n) is 8.08. The molecule has 0 spiro atoms. The maximum absolute atomic E-state index is 13.5. The maximum Gasteiger partial charge on any atom is 0.275 e. The first-order valence-electron chi connectivity index (χ1n) is 11.3. The van der Waals surface area contributed by atoms with Gasteiger partial charge in [0.05, 0.1) is 18.2 Å². The summed E-state index contributed by atoms with van der Waals surface area (Å²) in [5.74, 6) is 0.712. The van der Waals surface area contributed by atoms with Crippen LogP contribution in [0, 0.1) is 0 Å². The van der Waals surface area contributed by atoms with Gasteiger partial charge in [0.15, 0.2) is 5.69 Å². The van der Waals surface area contributed by atoms with Crippen molar-refractivity contribution < 1.29 is 9.53 Å². The van der Waals surface area contributed by atoms with Gasteiger partial charge in [-0.25, -0.2) is 4.68 Å². The number of piperazine rings is 1. The van der Waals surface area contributed by atoms with Crippen LogP contribution in [0.2, 0.25) is 0 Å². The van der Waals surface area contributed by atoms with Gasteiger partial charge in [0.25, 0.3) is 11.5 Å². The van der Waals surface area contributed by atoms with E-state index in [0.717, 1.165) is 30.7 Å². The second kappa shape index (κ2) is 9.85. The van der Waals surface area contributed by atoms with Crippen LogP contribution in [-0.4, -0.2) is 53.9 Å². The average molecular weight is 435 g/mol. The Balaban J connectivity index is 1.57. The van der Waals surface area contributed by atoms with Crippen LogP contribution in [-0.2, 0) is 6.54 Å². The molecular weight excluding hydrogens is 404 g/mol. The Kier molecular flexibility index (Phi) is 6.73. The monoisotopic (exact) mass is 434 g/mol. The average Bonchev–Trinajstić information content (AvgIpc) is 2.85. The molecule has 0 N–H and O–H groups in total. The van der Waals surface area contributed by atoms with Crippen LogP contribution in [0.25, 0.3) is 10.8 Å². The van der Waals surface area contributed by atoms with E-state index in [4.69, 9.17) is 4.74 Å². The van der Waals surface area contributed by atoms with E-state index in [1.54, 1.807) is 13.2 Å². The number of unbranched alkanes of at least 4 members (excludes halogenated alkanes) is 2. The van der Waals surface area contributed by atoms with Crippen LogP contribution in [0.5, 0.6) is 5.75 Å². The number of fused-ring (bicyclic) bond motifs is 1. The highest BCUT2D eigenvalue weighted by Gasteiger charge is 2.26. The predicted molar refractivity (Wildman–Crippen MR) is 127 cm³/mol. The smallest absolute Gasteiger partial charge is 0.275 e. The molecule has 3 aromatic rings. The number of benzene rings is 2. The highest BCUT2D eigenvalue weighted by Crippen LogP contribution is 2.28. The van der Waals surface area contributed by atoms with Crippen molar-refractivity contribution in [1.29, 1.82) is 0 Å². The van der Waals surface area contributed by atoms with Gasteiger partial charge >= 0.3 is 0 Å². The standard InChI is InChI=1S/C25H30N4O3/c1-3-4-9-14-29-24(30)20-11-6-5-10-19(20)23(26-29)25(31)28-17-15-27(16-18-28)21-12-7-8-13-22(21)32-2/h5-8,10-13H,3-4,9,14-18H2,1-2H3. The number of anilines is 1. The van der Waals surface area contributed by atoms with E-state index in [2.05, 4.69) is 16.9 Å². The van der Waals surface area contributed by atoms with E-state index in [1.807, 2.05) is 47.4 Å². The van der Waals surface area contributed by atoms with Crippen molar-refractivity contribution >= 4 is 22.4 Å². The van der Waals surface area contributed by atoms with Gasteiger partial charge in [0.1, 0.15) is 5.75 Å². The number of carbonyl (C=O) groups excluding carboxylic acids is 1. The first-order chi connectivity index (χ1) is 15.6. The summed E-state index contributed by atoms with van der Waals surface area (Å²) in [7, 11) is 1.67. The van der Waals surface area contributed by atoms with Crippen molar-refractivity contribution in [2.75, 3.05) is 38.2 Å². The number of nitrogens with zero attached hydrogens (tertiary/aromatic N) is 4. The zero-order valence-electron chi connectivity index (χ0n) is 18.8. The van der Waals surface area contributed by atoms with Crippen LogP contribution in [0.1, 0.15) is 36.7 Å². The van der Waals surface area contributed by atoms with Gasteiger partial charge in [-0.15, -0.1) is 0 Å². The first-order valence-corrected chi connectivity index (χ1v) is 11.3. The van der Waals surface area contributed by atoms with Crippen molar-refractivity contribution in [3.63, 3.8) is 0 Å². The Morgan fingerprint density at radius 1 is 0.969 bits per heavy atom. The lowest BCUT2D eigenvalue weighted by atomic mass is 10.1. The number of methoxy groups -OCH3 is 1. The molecule has 0 radical (unpaired) electrons. The van der Waals surface area contributed by atoms with Crippen LogP contribution in [0.15, 0.2) is 53.3 Å². The molecule has 1 aliphatic heterocycles. The summed E-state index contributed by atoms with van der Waals surface area (Å²) in [4.78, 5) is 30.4. The Morgan fingerprint density at radius 3 is 2.38 bits per heavy atom. The molecule has 4 rings (SSSR count). The minimum atomic E-state index is -0.130. The molecule has 1 aliphatic rings. The molecule has 2 heterocycles. The van der Waals surface area contributed by atoms with Gasteiger partial charge < -0.3 is 14.5 Å². The third kappa shape index (κ3) is 4.33. The first kappa shape index (κ1) is 21.9. The Bertz CT molecular complexity index is 1150. The van der Waals surface area contributed by atoms with E-state index >= 15 is 0 Å². The number of para-hydroxylation sites is 2. The van der Waals surface area contributed by atoms with E-state index in [-0.39, 0.29) is 11.5 Å². The molecule has 1 fully saturated rings. The zero-order chi connectivity index (χ0) is 22.5. The maximum atomic E-state index is 13.5. The molecule has 0 saturated carbocycles. The Hall–Kier alpha value is -3.35. The molecule has 168 valence electrons. The minimum absolute atomic E-state index is 0.120. The molecule has 1 amide bonds. The lowest BCUT2D eigenvalue weighted by Crippen LogP contribution is -2.49. The van der Waals surface area contributed by atoms with Crippen molar-refractivity contribution in [1.82, 2.24) is 14.7 Å². The van der Waals surface area contributed by atoms with Gasteiger partial charge in [0.2, 0.25) is 0 Å². The lowest BCUT2D eigenvalue weighted by molar-refractivity contribution is 0.0740. The molecule has 1 aromatic heterocycles. The largest absolute Gasteiger partial charge is 0.495 e. The van der Waals surface area contributed by atoms with E-state index in [9.17, 15) is 9.59 Å². The molecule has 7 nitrogen and oxygen atoms in total. The van der Waals surface area contributed by atoms with Crippen molar-refractivity contribution in [2.45, 2.75) is 32.7 Å². The van der Waals surface area contributed by atoms with E-state index < -0.39 is 0 Å². The number of hydrogen-bond donors (Lipinski definition) is 0. The van der Waals surface area contributed by atoms with Crippen LogP contribution in [0.3, 0.4) is 0 Å². The molecular formula is C25H30N4O3. The fraction of sp³-hybridized carbons (Fsp3) is 0.400. The zero-order valence-corrected chi connectivity index (χ0v) is 18.8. The number of rotatable bonds is 7. The number of hydrogen-bond acceptors (Lipinski definition) is 5. The molecule has 7 heteroatoms. The quantitative estimate of drug-likeness (QED) is 0.532. The minimum Gasteiger partial charge on any atom is -0.495 e. The van der Waals surface area contributed by atoms with Gasteiger partial charge in [-0.3, -0.25) is 9.59 Å². The van der Waals surface area contributed by atoms with Crippen molar-refractivity contribution in [3.8, 4) is 5.75 Å². The summed E-state index contributed by atoms with van der Waals surface area (Å²) < 4.78 is 6.96. The Labute approximate surface area is 188 Å². The SMILES string of the molecule is CCCCCn1nc(C(=O)N2CCN(c3ccccc3OC)CC2)c2ccccc2c1=O. The molecule has 0 atom stereocenters. The molecule has 2 aromatic carbocycles. The molecule has 0 unspecified atom stereocenters. The van der Waals surface area contributed by atoms with Gasteiger partial charge in [-0.05, 0) is 24.6 Å². The topological polar surface area (TPSA) is 67.7 Å². The van der Waals surface area contributed by atoms with Crippen molar-refractivity contribution in [2.24, 2.45) is 0 Å². The Morgan fingerprint density at radius 2 is 1.66 bits per heavy atom. The fourth-order valence-electron chi connectivity index (χ4n) is 4.25. The summed E-state index contributed by atoms with van der Waals surface area (Å²) in [5.41, 5.74) is 1.27. The number of carbonyl (C=O) groups is 1. The molecule has 0 aliphatic carbocycles. The van der Waals surface area contributed by atoms with Crippen LogP contribution < -0.4 is 15.2 Å². The van der Waals surface area contributed by atoms with Crippen molar-refractivity contribution in [3.05, 3.63) is 64.6 Å². The third-order valence-electron chi connectivity index (χ3n) is 6.04. The highest BCUT2D eigenvalue weighted by atomic mass is 16.5. The predicted octanol–water partition coefficient (Wildman–Crippen LogP) is 3.56. The number of aromatic nitrogens is 2. The summed E-state index contributed by atoms with van der Waals surface area (Å²) in [6.07, 6.45) is 2.95. The van der Waals surface area contributed by atoms with Gasteiger partial charge in [-0.2, -0.15) is 5.10 Å². The molecule has 1 saturated heterocycles. The van der Waals surface area contributed by atoms with Gasteiger partial charge in [-0.1, -0.05) is 50.1 Å². The lowest BCUT2D eigenvalue weighted by Gasteiger charge is -2.36. The van der Waals surface area contributed by atoms with Gasteiger partial charge in [0, 0.05) is 38.1 Å².